The minimum Gasteiger partial charge on any atom is -0.505 e. The van der Waals surface area contributed by atoms with Crippen LogP contribution < -0.4 is 0 Å². The van der Waals surface area contributed by atoms with Crippen LogP contribution in [0.1, 0.15) is 5.56 Å². The van der Waals surface area contributed by atoms with Crippen molar-refractivity contribution in [3.8, 4) is 5.75 Å². The molecule has 0 heterocycles. The van der Waals surface area contributed by atoms with Gasteiger partial charge in [0.2, 0.25) is 0 Å². The molecule has 0 spiro atoms. The van der Waals surface area contributed by atoms with E-state index in [0.717, 1.165) is 11.5 Å². The van der Waals surface area contributed by atoms with Crippen molar-refractivity contribution in [1.29, 1.82) is 0 Å². The smallest absolute Gasteiger partial charge is 0.295 e. The molecule has 0 atom stereocenters. The second-order valence-corrected chi connectivity index (χ2v) is 8.25. The minimum atomic E-state index is -4.64. The second kappa shape index (κ2) is 7.42. The number of hydrogen-bond acceptors (Lipinski definition) is 7. The standard InChI is InChI=1S/C21H15N3O6S/c1-12-10-19(31(28,29)30)17-11-14(24(26)27)7-8-16(17)20(12)23-22-18-9-6-13-4-2-3-5-15(13)21(18)25/h2-11,25H,1H3,(H,28,29,30). The van der Waals surface area contributed by atoms with Crippen molar-refractivity contribution >= 4 is 48.7 Å². The third-order valence-corrected chi connectivity index (χ3v) is 5.76. The molecule has 0 aromatic heterocycles. The lowest BCUT2D eigenvalue weighted by atomic mass is 10.0. The van der Waals surface area contributed by atoms with Crippen LogP contribution in [0.3, 0.4) is 0 Å². The number of nitro groups is 1. The summed E-state index contributed by atoms with van der Waals surface area (Å²) >= 11 is 0. The van der Waals surface area contributed by atoms with Gasteiger partial charge in [0.05, 0.1) is 10.6 Å². The number of azo groups is 1. The normalized spacial score (nSPS) is 12.1. The van der Waals surface area contributed by atoms with Crippen molar-refractivity contribution in [3.63, 3.8) is 0 Å². The second-order valence-electron chi connectivity index (χ2n) is 6.86. The summed E-state index contributed by atoms with van der Waals surface area (Å²) in [5.74, 6) is -0.0611. The molecule has 2 N–H and O–H groups in total. The summed E-state index contributed by atoms with van der Waals surface area (Å²) in [6.07, 6.45) is 0. The third kappa shape index (κ3) is 3.69. The third-order valence-electron chi connectivity index (χ3n) is 4.87. The maximum absolute atomic E-state index is 11.8. The van der Waals surface area contributed by atoms with Crippen LogP contribution in [0.5, 0.6) is 5.75 Å². The number of hydrogen-bond donors (Lipinski definition) is 2. The van der Waals surface area contributed by atoms with Crippen LogP contribution in [-0.2, 0) is 10.1 Å². The molecule has 156 valence electrons. The fourth-order valence-electron chi connectivity index (χ4n) is 3.39. The quantitative estimate of drug-likeness (QED) is 0.185. The van der Waals surface area contributed by atoms with Crippen molar-refractivity contribution in [2.45, 2.75) is 11.8 Å². The molecule has 0 bridgehead atoms. The van der Waals surface area contributed by atoms with Crippen LogP contribution in [0.25, 0.3) is 21.5 Å². The number of fused-ring (bicyclic) bond motifs is 2. The molecule has 0 aliphatic rings. The van der Waals surface area contributed by atoms with Gasteiger partial charge in [-0.3, -0.25) is 14.7 Å². The zero-order valence-corrected chi connectivity index (χ0v) is 16.9. The predicted molar refractivity (Wildman–Crippen MR) is 115 cm³/mol. The van der Waals surface area contributed by atoms with Gasteiger partial charge in [-0.15, -0.1) is 10.2 Å². The molecule has 4 aromatic carbocycles. The van der Waals surface area contributed by atoms with E-state index in [1.54, 1.807) is 31.2 Å². The van der Waals surface area contributed by atoms with E-state index in [-0.39, 0.29) is 33.6 Å². The number of nitro benzene ring substituents is 1. The number of non-ortho nitro benzene ring substituents is 1. The van der Waals surface area contributed by atoms with E-state index in [4.69, 9.17) is 0 Å². The molecular formula is C21H15N3O6S. The van der Waals surface area contributed by atoms with E-state index in [9.17, 15) is 28.2 Å². The molecule has 0 saturated heterocycles. The molecule has 4 aromatic rings. The van der Waals surface area contributed by atoms with Crippen LogP contribution >= 0.6 is 0 Å². The average Bonchev–Trinajstić information content (AvgIpc) is 2.73. The highest BCUT2D eigenvalue weighted by molar-refractivity contribution is 7.86. The minimum absolute atomic E-state index is 0.0565. The number of nitrogens with zero attached hydrogens (tertiary/aromatic N) is 3. The Kier molecular flexibility index (Phi) is 4.88. The summed E-state index contributed by atoms with van der Waals surface area (Å²) in [6.45, 7) is 1.57. The summed E-state index contributed by atoms with van der Waals surface area (Å²) in [4.78, 5) is 10.0. The Morgan fingerprint density at radius 3 is 2.39 bits per heavy atom. The number of phenolic OH excluding ortho intramolecular Hbond substituents is 1. The van der Waals surface area contributed by atoms with Gasteiger partial charge in [0.1, 0.15) is 10.6 Å². The molecule has 9 nitrogen and oxygen atoms in total. The van der Waals surface area contributed by atoms with Crippen molar-refractivity contribution in [2.24, 2.45) is 10.2 Å². The number of rotatable bonds is 4. The van der Waals surface area contributed by atoms with Crippen LogP contribution in [0.2, 0.25) is 0 Å². The molecule has 0 aliphatic carbocycles. The number of aromatic hydroxyl groups is 1. The number of benzene rings is 4. The van der Waals surface area contributed by atoms with Gasteiger partial charge >= 0.3 is 0 Å². The van der Waals surface area contributed by atoms with Crippen molar-refractivity contribution in [3.05, 3.63) is 76.3 Å². The van der Waals surface area contributed by atoms with Gasteiger partial charge in [0.15, 0.2) is 5.75 Å². The number of phenols is 1. The van der Waals surface area contributed by atoms with Gasteiger partial charge in [-0.1, -0.05) is 30.3 Å². The Hall–Kier alpha value is -3.89. The first kappa shape index (κ1) is 20.4. The lowest BCUT2D eigenvalue weighted by molar-refractivity contribution is -0.384. The average molecular weight is 437 g/mol. The lowest BCUT2D eigenvalue weighted by Gasteiger charge is -2.10. The fraction of sp³-hybridized carbons (Fsp3) is 0.0476. The first-order valence-electron chi connectivity index (χ1n) is 8.98. The first-order valence-corrected chi connectivity index (χ1v) is 10.4. The zero-order chi connectivity index (χ0) is 22.3. The summed E-state index contributed by atoms with van der Waals surface area (Å²) in [6, 6.07) is 15.4. The summed E-state index contributed by atoms with van der Waals surface area (Å²) in [5.41, 5.74) is 0.492. The van der Waals surface area contributed by atoms with Gasteiger partial charge in [-0.25, -0.2) is 0 Å². The van der Waals surface area contributed by atoms with E-state index < -0.39 is 19.9 Å². The van der Waals surface area contributed by atoms with E-state index in [2.05, 4.69) is 10.2 Å². The maximum atomic E-state index is 11.8. The van der Waals surface area contributed by atoms with Gasteiger partial charge in [0, 0.05) is 28.3 Å². The molecule has 0 aliphatic heterocycles. The topological polar surface area (TPSA) is 142 Å². The molecule has 0 saturated carbocycles. The Balaban J connectivity index is 1.93. The molecule has 0 fully saturated rings. The van der Waals surface area contributed by atoms with Crippen molar-refractivity contribution in [1.82, 2.24) is 0 Å². The highest BCUT2D eigenvalue weighted by atomic mass is 32.2. The Labute approximate surface area is 176 Å². The number of aryl methyl sites for hydroxylation is 1. The first-order chi connectivity index (χ1) is 14.7. The van der Waals surface area contributed by atoms with E-state index in [0.29, 0.717) is 10.9 Å². The van der Waals surface area contributed by atoms with E-state index >= 15 is 0 Å². The van der Waals surface area contributed by atoms with Crippen LogP contribution in [0.15, 0.2) is 75.8 Å². The van der Waals surface area contributed by atoms with Crippen molar-refractivity contribution in [2.75, 3.05) is 0 Å². The van der Waals surface area contributed by atoms with Crippen LogP contribution in [0.4, 0.5) is 17.1 Å². The molecule has 31 heavy (non-hydrogen) atoms. The van der Waals surface area contributed by atoms with E-state index in [1.165, 1.54) is 18.2 Å². The van der Waals surface area contributed by atoms with Crippen LogP contribution in [-0.4, -0.2) is 23.0 Å². The molecule has 0 unspecified atom stereocenters. The molecule has 4 rings (SSSR count). The maximum Gasteiger partial charge on any atom is 0.295 e. The molecule has 10 heteroatoms. The summed E-state index contributed by atoms with van der Waals surface area (Å²) < 4.78 is 33.3. The highest BCUT2D eigenvalue weighted by Gasteiger charge is 2.21. The van der Waals surface area contributed by atoms with Crippen LogP contribution in [0, 0.1) is 17.0 Å². The van der Waals surface area contributed by atoms with Crippen molar-refractivity contribution < 1.29 is 23.0 Å². The monoisotopic (exact) mass is 437 g/mol. The largest absolute Gasteiger partial charge is 0.505 e. The Morgan fingerprint density at radius 2 is 1.68 bits per heavy atom. The highest BCUT2D eigenvalue weighted by Crippen LogP contribution is 2.39. The summed E-state index contributed by atoms with van der Waals surface area (Å²) in [7, 11) is -4.64. The van der Waals surface area contributed by atoms with Gasteiger partial charge < -0.3 is 5.11 Å². The summed E-state index contributed by atoms with van der Waals surface area (Å²) in [5, 5.41) is 31.6. The Morgan fingerprint density at radius 1 is 0.935 bits per heavy atom. The lowest BCUT2D eigenvalue weighted by Crippen LogP contribution is -2.01. The Bertz CT molecular complexity index is 1510. The van der Waals surface area contributed by atoms with Gasteiger partial charge in [0.25, 0.3) is 15.8 Å². The van der Waals surface area contributed by atoms with Gasteiger partial charge in [-0.05, 0) is 36.1 Å². The molecule has 0 radical (unpaired) electrons. The van der Waals surface area contributed by atoms with Gasteiger partial charge in [-0.2, -0.15) is 8.42 Å². The SMILES string of the molecule is Cc1cc(S(=O)(=O)O)c2cc([N+](=O)[O-])ccc2c1N=Nc1ccc2ccccc2c1O. The zero-order valence-electron chi connectivity index (χ0n) is 16.1. The molecule has 0 amide bonds. The fourth-order valence-corrected chi connectivity index (χ4v) is 4.16. The molecular weight excluding hydrogens is 422 g/mol. The predicted octanol–water partition coefficient (Wildman–Crippen LogP) is 5.58. The van der Waals surface area contributed by atoms with E-state index in [1.807, 2.05) is 12.1 Å².